The van der Waals surface area contributed by atoms with Crippen molar-refractivity contribution >= 4 is 21.4 Å². The van der Waals surface area contributed by atoms with Crippen LogP contribution in [0.1, 0.15) is 4.88 Å². The Bertz CT molecular complexity index is 451. The number of sulfonamides is 1. The highest BCUT2D eigenvalue weighted by atomic mass is 32.2. The van der Waals surface area contributed by atoms with Gasteiger partial charge in [0.2, 0.25) is 0 Å². The number of hydrogen-bond acceptors (Lipinski definition) is 3. The molecular formula is C9H11NO2S2. The minimum Gasteiger partial charge on any atom is -0.206 e. The first-order valence-electron chi connectivity index (χ1n) is 4.32. The lowest BCUT2D eigenvalue weighted by molar-refractivity contribution is 0.490. The van der Waals surface area contributed by atoms with Gasteiger partial charge in [0.1, 0.15) is 4.21 Å². The van der Waals surface area contributed by atoms with Crippen LogP contribution in [0.2, 0.25) is 0 Å². The normalized spacial score (nSPS) is 17.8. The van der Waals surface area contributed by atoms with Crippen molar-refractivity contribution in [2.24, 2.45) is 0 Å². The third-order valence-corrected chi connectivity index (χ3v) is 5.39. The zero-order valence-corrected chi connectivity index (χ0v) is 9.44. The molecule has 0 fully saturated rings. The van der Waals surface area contributed by atoms with Gasteiger partial charge in [0, 0.05) is 18.0 Å². The molecule has 0 aromatic carbocycles. The first-order chi connectivity index (χ1) is 6.60. The number of aryl methyl sites for hydroxylation is 1. The third kappa shape index (κ3) is 1.63. The van der Waals surface area contributed by atoms with Crippen LogP contribution in [0.4, 0.5) is 0 Å². The molecule has 5 heteroatoms. The van der Waals surface area contributed by atoms with Crippen molar-refractivity contribution in [1.82, 2.24) is 4.31 Å². The lowest BCUT2D eigenvalue weighted by Crippen LogP contribution is -2.27. The standard InChI is InChI=1S/C9H11NO2S2/c1-8-4-5-9(13-8)14(11,12)10-6-2-3-7-10/h2-5H,6-7H2,1H3. The Labute approximate surface area is 87.7 Å². The van der Waals surface area contributed by atoms with Crippen LogP contribution in [-0.4, -0.2) is 25.8 Å². The van der Waals surface area contributed by atoms with Crippen LogP contribution in [0.15, 0.2) is 28.5 Å². The molecule has 0 N–H and O–H groups in total. The van der Waals surface area contributed by atoms with Gasteiger partial charge >= 0.3 is 0 Å². The number of rotatable bonds is 2. The predicted octanol–water partition coefficient (Wildman–Crippen LogP) is 1.62. The maximum Gasteiger partial charge on any atom is 0.253 e. The Balaban J connectivity index is 2.33. The zero-order valence-electron chi connectivity index (χ0n) is 7.80. The van der Waals surface area contributed by atoms with Crippen LogP contribution in [-0.2, 0) is 10.0 Å². The Morgan fingerprint density at radius 1 is 1.29 bits per heavy atom. The summed E-state index contributed by atoms with van der Waals surface area (Å²) in [7, 11) is -3.23. The average molecular weight is 229 g/mol. The van der Waals surface area contributed by atoms with Crippen molar-refractivity contribution < 1.29 is 8.42 Å². The molecule has 14 heavy (non-hydrogen) atoms. The fourth-order valence-corrected chi connectivity index (χ4v) is 4.11. The highest BCUT2D eigenvalue weighted by Gasteiger charge is 2.25. The molecule has 1 aliphatic rings. The van der Waals surface area contributed by atoms with Crippen molar-refractivity contribution in [3.8, 4) is 0 Å². The van der Waals surface area contributed by atoms with Gasteiger partial charge in [0.05, 0.1) is 0 Å². The molecule has 0 saturated heterocycles. The van der Waals surface area contributed by atoms with Gasteiger partial charge in [0.15, 0.2) is 0 Å². The first kappa shape index (κ1) is 9.89. The minimum absolute atomic E-state index is 0.443. The SMILES string of the molecule is Cc1ccc(S(=O)(=O)N2CC=CC2)s1. The molecule has 0 atom stereocenters. The van der Waals surface area contributed by atoms with Gasteiger partial charge in [-0.1, -0.05) is 12.2 Å². The molecular weight excluding hydrogens is 218 g/mol. The van der Waals surface area contributed by atoms with E-state index in [9.17, 15) is 8.42 Å². The van der Waals surface area contributed by atoms with Crippen LogP contribution < -0.4 is 0 Å². The highest BCUT2D eigenvalue weighted by molar-refractivity contribution is 7.91. The maximum absolute atomic E-state index is 11.9. The molecule has 0 aliphatic carbocycles. The number of thiophene rings is 1. The van der Waals surface area contributed by atoms with E-state index in [4.69, 9.17) is 0 Å². The fraction of sp³-hybridized carbons (Fsp3) is 0.333. The van der Waals surface area contributed by atoms with E-state index in [0.29, 0.717) is 17.3 Å². The third-order valence-electron chi connectivity index (χ3n) is 2.09. The maximum atomic E-state index is 11.9. The Kier molecular flexibility index (Phi) is 2.47. The highest BCUT2D eigenvalue weighted by Crippen LogP contribution is 2.25. The molecule has 2 rings (SSSR count). The molecule has 1 aliphatic heterocycles. The van der Waals surface area contributed by atoms with E-state index in [1.165, 1.54) is 15.6 Å². The molecule has 1 aromatic heterocycles. The van der Waals surface area contributed by atoms with E-state index in [0.717, 1.165) is 4.88 Å². The van der Waals surface area contributed by atoms with Gasteiger partial charge in [-0.3, -0.25) is 0 Å². The predicted molar refractivity (Wildman–Crippen MR) is 57.0 cm³/mol. The monoisotopic (exact) mass is 229 g/mol. The minimum atomic E-state index is -3.23. The second-order valence-corrected chi connectivity index (χ2v) is 6.61. The van der Waals surface area contributed by atoms with Crippen molar-refractivity contribution in [2.45, 2.75) is 11.1 Å². The van der Waals surface area contributed by atoms with Crippen molar-refractivity contribution in [3.05, 3.63) is 29.2 Å². The molecule has 0 amide bonds. The first-order valence-corrected chi connectivity index (χ1v) is 6.58. The lowest BCUT2D eigenvalue weighted by atomic mass is 10.5. The van der Waals surface area contributed by atoms with E-state index in [1.807, 2.05) is 25.1 Å². The summed E-state index contributed by atoms with van der Waals surface area (Å²) in [5, 5.41) is 0. The molecule has 0 bridgehead atoms. The molecule has 2 heterocycles. The van der Waals surface area contributed by atoms with Crippen LogP contribution in [0.5, 0.6) is 0 Å². The number of hydrogen-bond donors (Lipinski definition) is 0. The summed E-state index contributed by atoms with van der Waals surface area (Å²) < 4.78 is 25.8. The topological polar surface area (TPSA) is 37.4 Å². The van der Waals surface area contributed by atoms with Gasteiger partial charge in [0.25, 0.3) is 10.0 Å². The van der Waals surface area contributed by atoms with E-state index < -0.39 is 10.0 Å². The molecule has 3 nitrogen and oxygen atoms in total. The zero-order chi connectivity index (χ0) is 10.2. The molecule has 0 spiro atoms. The Morgan fingerprint density at radius 2 is 1.93 bits per heavy atom. The quantitative estimate of drug-likeness (QED) is 0.723. The van der Waals surface area contributed by atoms with Crippen molar-refractivity contribution in [1.29, 1.82) is 0 Å². The Morgan fingerprint density at radius 3 is 2.43 bits per heavy atom. The van der Waals surface area contributed by atoms with Crippen molar-refractivity contribution in [2.75, 3.05) is 13.1 Å². The second-order valence-electron chi connectivity index (χ2n) is 3.16. The summed E-state index contributed by atoms with van der Waals surface area (Å²) in [5.41, 5.74) is 0. The van der Waals surface area contributed by atoms with E-state index in [2.05, 4.69) is 0 Å². The van der Waals surface area contributed by atoms with Gasteiger partial charge in [-0.25, -0.2) is 8.42 Å². The van der Waals surface area contributed by atoms with Gasteiger partial charge in [-0.15, -0.1) is 11.3 Å². The molecule has 76 valence electrons. The van der Waals surface area contributed by atoms with Crippen LogP contribution in [0, 0.1) is 6.92 Å². The molecule has 0 unspecified atom stereocenters. The fourth-order valence-electron chi connectivity index (χ4n) is 1.33. The van der Waals surface area contributed by atoms with E-state index >= 15 is 0 Å². The van der Waals surface area contributed by atoms with E-state index in [1.54, 1.807) is 6.07 Å². The summed E-state index contributed by atoms with van der Waals surface area (Å²) >= 11 is 1.32. The van der Waals surface area contributed by atoms with E-state index in [-0.39, 0.29) is 0 Å². The van der Waals surface area contributed by atoms with Crippen LogP contribution in [0.25, 0.3) is 0 Å². The lowest BCUT2D eigenvalue weighted by Gasteiger charge is -2.13. The summed E-state index contributed by atoms with van der Waals surface area (Å²) in [6.45, 7) is 2.91. The molecule has 0 radical (unpaired) electrons. The molecule has 0 saturated carbocycles. The largest absolute Gasteiger partial charge is 0.253 e. The summed E-state index contributed by atoms with van der Waals surface area (Å²) in [6.07, 6.45) is 3.75. The number of nitrogens with zero attached hydrogens (tertiary/aromatic N) is 1. The van der Waals surface area contributed by atoms with Gasteiger partial charge in [-0.2, -0.15) is 4.31 Å². The Hall–Kier alpha value is -0.650. The summed E-state index contributed by atoms with van der Waals surface area (Å²) in [6, 6.07) is 3.51. The molecule has 1 aromatic rings. The average Bonchev–Trinajstić information content (AvgIpc) is 2.72. The van der Waals surface area contributed by atoms with Gasteiger partial charge in [-0.05, 0) is 19.1 Å². The second kappa shape index (κ2) is 3.49. The summed E-state index contributed by atoms with van der Waals surface area (Å²) in [5.74, 6) is 0. The van der Waals surface area contributed by atoms with Crippen molar-refractivity contribution in [3.63, 3.8) is 0 Å². The van der Waals surface area contributed by atoms with Crippen LogP contribution in [0.3, 0.4) is 0 Å². The van der Waals surface area contributed by atoms with Crippen LogP contribution >= 0.6 is 11.3 Å². The smallest absolute Gasteiger partial charge is 0.206 e. The van der Waals surface area contributed by atoms with Gasteiger partial charge < -0.3 is 0 Å². The summed E-state index contributed by atoms with van der Waals surface area (Å²) in [4.78, 5) is 1.02.